The highest BCUT2D eigenvalue weighted by molar-refractivity contribution is 5.41. The second kappa shape index (κ2) is 5.28. The first kappa shape index (κ1) is 13.4. The highest BCUT2D eigenvalue weighted by atomic mass is 19.4. The molecule has 100 valence electrons. The Kier molecular flexibility index (Phi) is 3.92. The van der Waals surface area contributed by atoms with Crippen LogP contribution >= 0.6 is 0 Å². The van der Waals surface area contributed by atoms with Gasteiger partial charge in [-0.05, 0) is 30.4 Å². The summed E-state index contributed by atoms with van der Waals surface area (Å²) >= 11 is 0. The summed E-state index contributed by atoms with van der Waals surface area (Å²) in [7, 11) is 0. The highest BCUT2D eigenvalue weighted by Gasteiger charge is 2.33. The molecule has 5 heteroatoms. The molecule has 3 N–H and O–H groups in total. The molecule has 1 aromatic rings. The molecule has 2 unspecified atom stereocenters. The normalized spacial score (nSPS) is 20.1. The third kappa shape index (κ3) is 3.03. The summed E-state index contributed by atoms with van der Waals surface area (Å²) in [6, 6.07) is 7.94. The molecule has 0 fully saturated rings. The lowest BCUT2D eigenvalue weighted by Crippen LogP contribution is -2.43. The van der Waals surface area contributed by atoms with Gasteiger partial charge in [0.25, 0.3) is 0 Å². The van der Waals surface area contributed by atoms with Crippen molar-refractivity contribution in [3.8, 4) is 0 Å². The Morgan fingerprint density at radius 3 is 2.67 bits per heavy atom. The minimum atomic E-state index is -4.07. The molecule has 18 heavy (non-hydrogen) atoms. The molecule has 0 aromatic heterocycles. The largest absolute Gasteiger partial charge is 0.389 e. The molecule has 0 spiro atoms. The van der Waals surface area contributed by atoms with Crippen LogP contribution < -0.4 is 11.3 Å². The van der Waals surface area contributed by atoms with Gasteiger partial charge >= 0.3 is 6.18 Å². The van der Waals surface area contributed by atoms with Crippen LogP contribution in [0.5, 0.6) is 0 Å². The second-order valence-electron chi connectivity index (χ2n) is 4.79. The minimum absolute atomic E-state index is 0.0674. The molecule has 1 aromatic carbocycles. The molecule has 2 rings (SSSR count). The van der Waals surface area contributed by atoms with Gasteiger partial charge in [-0.2, -0.15) is 13.2 Å². The number of hydrazine groups is 1. The van der Waals surface area contributed by atoms with Crippen molar-refractivity contribution in [2.75, 3.05) is 0 Å². The molecular weight excluding hydrogens is 241 g/mol. The van der Waals surface area contributed by atoms with Gasteiger partial charge in [0.05, 0.1) is 0 Å². The van der Waals surface area contributed by atoms with Crippen LogP contribution in [0.3, 0.4) is 0 Å². The number of hydrogen-bond donors (Lipinski definition) is 2. The van der Waals surface area contributed by atoms with E-state index in [2.05, 4.69) is 11.5 Å². The molecule has 2 nitrogen and oxygen atoms in total. The molecule has 1 aliphatic rings. The molecular formula is C13H17F3N2. The van der Waals surface area contributed by atoms with E-state index in [9.17, 15) is 13.2 Å². The van der Waals surface area contributed by atoms with Gasteiger partial charge in [-0.25, -0.2) is 0 Å². The Labute approximate surface area is 104 Å². The lowest BCUT2D eigenvalue weighted by Gasteiger charge is -2.36. The van der Waals surface area contributed by atoms with E-state index < -0.39 is 12.6 Å². The Morgan fingerprint density at radius 1 is 1.33 bits per heavy atom. The van der Waals surface area contributed by atoms with Crippen LogP contribution in [0, 0.1) is 0 Å². The number of rotatable bonds is 5. The van der Waals surface area contributed by atoms with E-state index >= 15 is 0 Å². The zero-order valence-electron chi connectivity index (χ0n) is 10.0. The van der Waals surface area contributed by atoms with Crippen LogP contribution in [0.2, 0.25) is 0 Å². The van der Waals surface area contributed by atoms with Crippen molar-refractivity contribution in [2.45, 2.75) is 43.8 Å². The Bertz CT molecular complexity index is 403. The van der Waals surface area contributed by atoms with Crippen molar-refractivity contribution in [1.82, 2.24) is 5.43 Å². The van der Waals surface area contributed by atoms with E-state index in [-0.39, 0.29) is 18.4 Å². The van der Waals surface area contributed by atoms with E-state index in [0.717, 1.165) is 6.42 Å². The van der Waals surface area contributed by atoms with E-state index in [1.165, 1.54) is 11.1 Å². The van der Waals surface area contributed by atoms with Crippen LogP contribution in [-0.2, 0) is 6.42 Å². The smallest absolute Gasteiger partial charge is 0.271 e. The quantitative estimate of drug-likeness (QED) is 0.629. The number of halogens is 3. The topological polar surface area (TPSA) is 38.0 Å². The van der Waals surface area contributed by atoms with Crippen molar-refractivity contribution in [3.05, 3.63) is 35.4 Å². The van der Waals surface area contributed by atoms with E-state index in [4.69, 9.17) is 5.84 Å². The maximum atomic E-state index is 12.1. The third-order valence-electron chi connectivity index (χ3n) is 3.57. The van der Waals surface area contributed by atoms with E-state index in [0.29, 0.717) is 6.42 Å². The number of nitrogens with one attached hydrogen (secondary N) is 1. The van der Waals surface area contributed by atoms with Gasteiger partial charge in [-0.15, -0.1) is 0 Å². The first-order valence-corrected chi connectivity index (χ1v) is 6.12. The lowest BCUT2D eigenvalue weighted by atomic mass is 9.72. The number of alkyl halides is 3. The van der Waals surface area contributed by atoms with Crippen LogP contribution in [0.25, 0.3) is 0 Å². The molecule has 0 radical (unpaired) electrons. The predicted octanol–water partition coefficient (Wildman–Crippen LogP) is 2.89. The second-order valence-corrected chi connectivity index (χ2v) is 4.79. The van der Waals surface area contributed by atoms with Gasteiger partial charge < -0.3 is 0 Å². The summed E-state index contributed by atoms with van der Waals surface area (Å²) in [6.07, 6.45) is -3.33. The average Bonchev–Trinajstić information content (AvgIpc) is 2.27. The van der Waals surface area contributed by atoms with Crippen molar-refractivity contribution < 1.29 is 13.2 Å². The van der Waals surface area contributed by atoms with Crippen LogP contribution in [0.15, 0.2) is 24.3 Å². The summed E-state index contributed by atoms with van der Waals surface area (Å²) in [6.45, 7) is 0. The SMILES string of the molecule is NNC(CCCC(F)(F)F)C1Cc2ccccc21. The molecule has 1 aliphatic carbocycles. The molecule has 0 aliphatic heterocycles. The fourth-order valence-electron chi connectivity index (χ4n) is 2.58. The lowest BCUT2D eigenvalue weighted by molar-refractivity contribution is -0.135. The fourth-order valence-corrected chi connectivity index (χ4v) is 2.58. The maximum Gasteiger partial charge on any atom is 0.389 e. The summed E-state index contributed by atoms with van der Waals surface area (Å²) in [5, 5.41) is 0. The molecule has 0 saturated heterocycles. The van der Waals surface area contributed by atoms with Crippen LogP contribution in [-0.4, -0.2) is 12.2 Å². The standard InChI is InChI=1S/C13H17F3N2/c14-13(15,16)7-3-6-12(18-17)11-8-9-4-1-2-5-10(9)11/h1-2,4-5,11-12,18H,3,6-8,17H2. The third-order valence-corrected chi connectivity index (χ3v) is 3.57. The molecule has 2 atom stereocenters. The van der Waals surface area contributed by atoms with Crippen molar-refractivity contribution >= 4 is 0 Å². The van der Waals surface area contributed by atoms with Gasteiger partial charge in [0.2, 0.25) is 0 Å². The van der Waals surface area contributed by atoms with E-state index in [1.54, 1.807) is 0 Å². The molecule has 0 heterocycles. The maximum absolute atomic E-state index is 12.1. The number of hydrogen-bond acceptors (Lipinski definition) is 2. The van der Waals surface area contributed by atoms with Crippen molar-refractivity contribution in [2.24, 2.45) is 5.84 Å². The summed E-state index contributed by atoms with van der Waals surface area (Å²) in [5.74, 6) is 5.71. The van der Waals surface area contributed by atoms with Gasteiger partial charge in [0.1, 0.15) is 0 Å². The highest BCUT2D eigenvalue weighted by Crippen LogP contribution is 2.38. The predicted molar refractivity (Wildman–Crippen MR) is 63.9 cm³/mol. The first-order chi connectivity index (χ1) is 8.51. The number of fused-ring (bicyclic) bond motifs is 1. The Balaban J connectivity index is 1.88. The van der Waals surface area contributed by atoms with Crippen LogP contribution in [0.1, 0.15) is 36.3 Å². The fraction of sp³-hybridized carbons (Fsp3) is 0.538. The molecule has 0 saturated carbocycles. The summed E-state index contributed by atoms with van der Waals surface area (Å²) in [4.78, 5) is 0. The minimum Gasteiger partial charge on any atom is -0.271 e. The van der Waals surface area contributed by atoms with E-state index in [1.807, 2.05) is 18.2 Å². The van der Waals surface area contributed by atoms with Gasteiger partial charge in [0.15, 0.2) is 0 Å². The van der Waals surface area contributed by atoms with Crippen LogP contribution in [0.4, 0.5) is 13.2 Å². The molecule has 0 bridgehead atoms. The summed E-state index contributed by atoms with van der Waals surface area (Å²) < 4.78 is 36.3. The average molecular weight is 258 g/mol. The van der Waals surface area contributed by atoms with Gasteiger partial charge in [-0.1, -0.05) is 24.3 Å². The summed E-state index contributed by atoms with van der Waals surface area (Å²) in [5.41, 5.74) is 5.16. The van der Waals surface area contributed by atoms with Crippen molar-refractivity contribution in [1.29, 1.82) is 0 Å². The number of benzene rings is 1. The Hall–Kier alpha value is -1.07. The number of nitrogens with two attached hydrogens (primary N) is 1. The van der Waals surface area contributed by atoms with Gasteiger partial charge in [-0.3, -0.25) is 11.3 Å². The first-order valence-electron chi connectivity index (χ1n) is 6.12. The van der Waals surface area contributed by atoms with Gasteiger partial charge in [0, 0.05) is 18.4 Å². The molecule has 0 amide bonds. The monoisotopic (exact) mass is 258 g/mol. The van der Waals surface area contributed by atoms with Crippen molar-refractivity contribution in [3.63, 3.8) is 0 Å². The zero-order chi connectivity index (χ0) is 13.2. The zero-order valence-corrected chi connectivity index (χ0v) is 10.0. The Morgan fingerprint density at radius 2 is 2.06 bits per heavy atom.